The summed E-state index contributed by atoms with van der Waals surface area (Å²) < 4.78 is 10.7. The molecule has 35 heavy (non-hydrogen) atoms. The van der Waals surface area contributed by atoms with Gasteiger partial charge < -0.3 is 19.5 Å². The number of aliphatic hydroxyl groups is 1. The van der Waals surface area contributed by atoms with Gasteiger partial charge in [-0.2, -0.15) is 0 Å². The molecule has 0 aromatic heterocycles. The van der Waals surface area contributed by atoms with E-state index >= 15 is 0 Å². The molecular formula is C26H24N2O7. The molecule has 4 rings (SSSR count). The molecule has 0 spiro atoms. The number of fused-ring (bicyclic) bond motifs is 1. The van der Waals surface area contributed by atoms with Gasteiger partial charge in [-0.05, 0) is 42.8 Å². The number of nitrogens with zero attached hydrogens (tertiary/aromatic N) is 2. The van der Waals surface area contributed by atoms with E-state index in [1.807, 2.05) is 31.2 Å². The van der Waals surface area contributed by atoms with E-state index in [1.54, 1.807) is 24.3 Å². The van der Waals surface area contributed by atoms with Crippen LogP contribution < -0.4 is 14.4 Å². The molecule has 180 valence electrons. The highest BCUT2D eigenvalue weighted by Crippen LogP contribution is 2.43. The average Bonchev–Trinajstić information content (AvgIpc) is 3.05. The maximum atomic E-state index is 13.4. The number of aryl methyl sites for hydroxylation is 1. The molecule has 1 amide bonds. The highest BCUT2D eigenvalue weighted by molar-refractivity contribution is 6.10. The highest BCUT2D eigenvalue weighted by Gasteiger charge is 2.50. The molecule has 9 heteroatoms. The van der Waals surface area contributed by atoms with Gasteiger partial charge in [0, 0.05) is 17.2 Å². The van der Waals surface area contributed by atoms with Gasteiger partial charge >= 0.3 is 5.69 Å². The van der Waals surface area contributed by atoms with Crippen molar-refractivity contribution in [2.75, 3.05) is 25.2 Å². The summed E-state index contributed by atoms with van der Waals surface area (Å²) in [5.74, 6) is -0.592. The van der Waals surface area contributed by atoms with Crippen LogP contribution in [0.25, 0.3) is 0 Å². The van der Waals surface area contributed by atoms with Crippen molar-refractivity contribution in [1.29, 1.82) is 0 Å². The minimum absolute atomic E-state index is 0.00237. The Kier molecular flexibility index (Phi) is 6.52. The molecule has 0 aliphatic carbocycles. The topological polar surface area (TPSA) is 119 Å². The fraction of sp³-hybridized carbons (Fsp3) is 0.231. The van der Waals surface area contributed by atoms with Gasteiger partial charge in [0.25, 0.3) is 5.91 Å². The number of nitro benzene ring substituents is 1. The van der Waals surface area contributed by atoms with Gasteiger partial charge in [-0.25, -0.2) is 0 Å². The lowest BCUT2D eigenvalue weighted by Gasteiger charge is -2.23. The molecule has 0 bridgehead atoms. The van der Waals surface area contributed by atoms with Crippen LogP contribution in [-0.4, -0.2) is 42.0 Å². The summed E-state index contributed by atoms with van der Waals surface area (Å²) in [6, 6.07) is 18.0. The van der Waals surface area contributed by atoms with Crippen molar-refractivity contribution in [1.82, 2.24) is 0 Å². The van der Waals surface area contributed by atoms with Crippen LogP contribution in [0.4, 0.5) is 11.4 Å². The van der Waals surface area contributed by atoms with Gasteiger partial charge in [0.15, 0.2) is 17.1 Å². The lowest BCUT2D eigenvalue weighted by molar-refractivity contribution is -0.385. The third kappa shape index (κ3) is 4.58. The van der Waals surface area contributed by atoms with Crippen LogP contribution in [0.2, 0.25) is 0 Å². The second-order valence-corrected chi connectivity index (χ2v) is 8.24. The van der Waals surface area contributed by atoms with Crippen molar-refractivity contribution >= 4 is 23.1 Å². The quantitative estimate of drug-likeness (QED) is 0.283. The van der Waals surface area contributed by atoms with Crippen LogP contribution in [0.3, 0.4) is 0 Å². The smallest absolute Gasteiger partial charge is 0.311 e. The number of rotatable bonds is 9. The lowest BCUT2D eigenvalue weighted by Crippen LogP contribution is -2.43. The molecule has 1 atom stereocenters. The van der Waals surface area contributed by atoms with E-state index in [9.17, 15) is 24.8 Å². The van der Waals surface area contributed by atoms with Gasteiger partial charge in [-0.1, -0.05) is 30.3 Å². The fourth-order valence-electron chi connectivity index (χ4n) is 4.20. The Morgan fingerprint density at radius 1 is 1.11 bits per heavy atom. The number of methoxy groups -OCH3 is 1. The normalized spacial score (nSPS) is 16.7. The Morgan fingerprint density at radius 3 is 2.60 bits per heavy atom. The van der Waals surface area contributed by atoms with Crippen LogP contribution >= 0.6 is 0 Å². The third-order valence-electron chi connectivity index (χ3n) is 5.93. The Labute approximate surface area is 201 Å². The number of para-hydroxylation sites is 1. The zero-order chi connectivity index (χ0) is 25.2. The van der Waals surface area contributed by atoms with Crippen LogP contribution in [0.1, 0.15) is 27.9 Å². The number of ether oxygens (including phenoxy) is 2. The standard InChI is InChI=1S/C26H24N2O7/c1-17-6-5-7-19(14-17)35-13-12-27-21-9-4-3-8-20(21)26(31,25(27)30)16-23(29)18-10-11-24(34-2)22(15-18)28(32)33/h3-11,14-15,31H,12-13,16H2,1-2H3. The van der Waals surface area contributed by atoms with Crippen molar-refractivity contribution in [3.05, 3.63) is 93.5 Å². The summed E-state index contributed by atoms with van der Waals surface area (Å²) in [6.45, 7) is 2.29. The Balaban J connectivity index is 1.56. The summed E-state index contributed by atoms with van der Waals surface area (Å²) in [7, 11) is 1.29. The number of benzene rings is 3. The first-order valence-corrected chi connectivity index (χ1v) is 10.9. The monoisotopic (exact) mass is 476 g/mol. The van der Waals surface area contributed by atoms with Crippen molar-refractivity contribution in [2.45, 2.75) is 18.9 Å². The van der Waals surface area contributed by atoms with Crippen LogP contribution in [-0.2, 0) is 10.4 Å². The number of ketones is 1. The van der Waals surface area contributed by atoms with Gasteiger partial charge in [0.05, 0.1) is 30.7 Å². The first kappa shape index (κ1) is 23.9. The number of hydrogen-bond donors (Lipinski definition) is 1. The summed E-state index contributed by atoms with van der Waals surface area (Å²) >= 11 is 0. The summed E-state index contributed by atoms with van der Waals surface area (Å²) in [4.78, 5) is 38.5. The van der Waals surface area contributed by atoms with Crippen molar-refractivity contribution in [3.63, 3.8) is 0 Å². The number of anilines is 1. The molecule has 1 N–H and O–H groups in total. The number of carbonyl (C=O) groups excluding carboxylic acids is 2. The average molecular weight is 476 g/mol. The Morgan fingerprint density at radius 2 is 1.89 bits per heavy atom. The maximum absolute atomic E-state index is 13.4. The Hall–Kier alpha value is -4.24. The van der Waals surface area contributed by atoms with Crippen LogP contribution in [0.5, 0.6) is 11.5 Å². The van der Waals surface area contributed by atoms with E-state index in [-0.39, 0.29) is 30.2 Å². The zero-order valence-electron chi connectivity index (χ0n) is 19.3. The molecule has 0 fully saturated rings. The third-order valence-corrected chi connectivity index (χ3v) is 5.93. The fourth-order valence-corrected chi connectivity index (χ4v) is 4.20. The molecule has 9 nitrogen and oxygen atoms in total. The number of hydrogen-bond acceptors (Lipinski definition) is 7. The van der Waals surface area contributed by atoms with Gasteiger partial charge in [0.2, 0.25) is 0 Å². The van der Waals surface area contributed by atoms with Crippen LogP contribution in [0, 0.1) is 17.0 Å². The summed E-state index contributed by atoms with van der Waals surface area (Å²) in [5, 5.41) is 22.8. The minimum Gasteiger partial charge on any atom is -0.492 e. The van der Waals surface area contributed by atoms with Crippen molar-refractivity contribution in [3.8, 4) is 11.5 Å². The molecule has 0 radical (unpaired) electrons. The maximum Gasteiger partial charge on any atom is 0.311 e. The number of carbonyl (C=O) groups is 2. The molecular weight excluding hydrogens is 452 g/mol. The zero-order valence-corrected chi connectivity index (χ0v) is 19.3. The summed E-state index contributed by atoms with van der Waals surface area (Å²) in [6.07, 6.45) is -0.568. The van der Waals surface area contributed by atoms with Gasteiger partial charge in [-0.3, -0.25) is 19.7 Å². The van der Waals surface area contributed by atoms with E-state index in [0.29, 0.717) is 17.0 Å². The summed E-state index contributed by atoms with van der Waals surface area (Å²) in [5.41, 5.74) is -0.656. The lowest BCUT2D eigenvalue weighted by atomic mass is 9.88. The number of Topliss-reactive ketones (excluding diaryl/α,β-unsaturated/α-hetero) is 1. The minimum atomic E-state index is -2.11. The molecule has 1 aliphatic heterocycles. The largest absolute Gasteiger partial charge is 0.492 e. The number of nitro groups is 1. The second-order valence-electron chi connectivity index (χ2n) is 8.24. The predicted octanol–water partition coefficient (Wildman–Crippen LogP) is 3.80. The van der Waals surface area contributed by atoms with E-state index in [0.717, 1.165) is 11.6 Å². The molecule has 3 aromatic carbocycles. The SMILES string of the molecule is COc1ccc(C(=O)CC2(O)C(=O)N(CCOc3cccc(C)c3)c3ccccc32)cc1[N+](=O)[O-]. The van der Waals surface area contributed by atoms with E-state index in [1.165, 1.54) is 24.1 Å². The second kappa shape index (κ2) is 9.55. The van der Waals surface area contributed by atoms with Gasteiger partial charge in [0.1, 0.15) is 12.4 Å². The molecule has 1 heterocycles. The van der Waals surface area contributed by atoms with Crippen molar-refractivity contribution < 1.29 is 29.1 Å². The first-order chi connectivity index (χ1) is 16.7. The van der Waals surface area contributed by atoms with Gasteiger partial charge in [-0.15, -0.1) is 0 Å². The molecule has 3 aromatic rings. The molecule has 1 aliphatic rings. The van der Waals surface area contributed by atoms with E-state index in [2.05, 4.69) is 0 Å². The highest BCUT2D eigenvalue weighted by atomic mass is 16.6. The first-order valence-electron chi connectivity index (χ1n) is 10.9. The molecule has 0 saturated heterocycles. The Bertz CT molecular complexity index is 1310. The molecule has 0 saturated carbocycles. The predicted molar refractivity (Wildman–Crippen MR) is 128 cm³/mol. The van der Waals surface area contributed by atoms with E-state index in [4.69, 9.17) is 9.47 Å². The van der Waals surface area contributed by atoms with Crippen LogP contribution in [0.15, 0.2) is 66.7 Å². The van der Waals surface area contributed by atoms with Crippen molar-refractivity contribution in [2.24, 2.45) is 0 Å². The van der Waals surface area contributed by atoms with E-state index < -0.39 is 28.6 Å². The number of amides is 1. The molecule has 1 unspecified atom stereocenters.